The van der Waals surface area contributed by atoms with Gasteiger partial charge in [0.1, 0.15) is 22.2 Å². The molecule has 0 aromatic heterocycles. The first-order valence-corrected chi connectivity index (χ1v) is 9.26. The van der Waals surface area contributed by atoms with Gasteiger partial charge in [0, 0.05) is 26.9 Å². The predicted octanol–water partition coefficient (Wildman–Crippen LogP) is 1.63. The standard InChI is InChI=1S/C15H25N3O3S.HI/c1-16-15(17-10-7-13-22(3,19)20)18(2)11-12-21-14-8-5-4-6-9-14;/h4-6,8-9H,7,10-13H2,1-3H3,(H,16,17);1H. The van der Waals surface area contributed by atoms with Crippen LogP contribution in [-0.4, -0.2) is 65.1 Å². The smallest absolute Gasteiger partial charge is 0.193 e. The molecule has 0 heterocycles. The molecule has 0 aliphatic heterocycles. The summed E-state index contributed by atoms with van der Waals surface area (Å²) in [4.78, 5) is 6.12. The van der Waals surface area contributed by atoms with E-state index in [4.69, 9.17) is 4.74 Å². The molecule has 0 amide bonds. The molecule has 0 unspecified atom stereocenters. The molecule has 0 saturated heterocycles. The number of hydrogen-bond acceptors (Lipinski definition) is 4. The van der Waals surface area contributed by atoms with Crippen LogP contribution in [0.1, 0.15) is 6.42 Å². The fourth-order valence-electron chi connectivity index (χ4n) is 1.84. The first-order valence-electron chi connectivity index (χ1n) is 7.20. The fraction of sp³-hybridized carbons (Fsp3) is 0.533. The van der Waals surface area contributed by atoms with E-state index in [-0.39, 0.29) is 29.7 Å². The summed E-state index contributed by atoms with van der Waals surface area (Å²) in [6, 6.07) is 9.64. The number of hydrogen-bond donors (Lipinski definition) is 1. The fourth-order valence-corrected chi connectivity index (χ4v) is 2.51. The molecule has 0 spiro atoms. The quantitative estimate of drug-likeness (QED) is 0.279. The lowest BCUT2D eigenvalue weighted by Gasteiger charge is -2.22. The van der Waals surface area contributed by atoms with E-state index >= 15 is 0 Å². The predicted molar refractivity (Wildman–Crippen MR) is 106 cm³/mol. The minimum atomic E-state index is -2.91. The first-order chi connectivity index (χ1) is 10.4. The lowest BCUT2D eigenvalue weighted by molar-refractivity contribution is 0.281. The third-order valence-electron chi connectivity index (χ3n) is 2.99. The summed E-state index contributed by atoms with van der Waals surface area (Å²) in [6.45, 7) is 1.80. The van der Waals surface area contributed by atoms with Crippen molar-refractivity contribution in [3.05, 3.63) is 30.3 Å². The largest absolute Gasteiger partial charge is 0.492 e. The van der Waals surface area contributed by atoms with Gasteiger partial charge in [-0.1, -0.05) is 18.2 Å². The van der Waals surface area contributed by atoms with Crippen molar-refractivity contribution < 1.29 is 13.2 Å². The molecule has 0 bridgehead atoms. The number of aliphatic imine (C=N–C) groups is 1. The van der Waals surface area contributed by atoms with Gasteiger partial charge in [-0.2, -0.15) is 0 Å². The van der Waals surface area contributed by atoms with Crippen LogP contribution in [-0.2, 0) is 9.84 Å². The van der Waals surface area contributed by atoms with Gasteiger partial charge in [-0.05, 0) is 18.6 Å². The van der Waals surface area contributed by atoms with Crippen molar-refractivity contribution in [3.63, 3.8) is 0 Å². The Balaban J connectivity index is 0.00000484. The van der Waals surface area contributed by atoms with Gasteiger partial charge in [-0.25, -0.2) is 8.42 Å². The average molecular weight is 455 g/mol. The van der Waals surface area contributed by atoms with E-state index in [1.165, 1.54) is 6.26 Å². The Hall–Kier alpha value is -1.03. The van der Waals surface area contributed by atoms with Gasteiger partial charge in [0.2, 0.25) is 0 Å². The van der Waals surface area contributed by atoms with Gasteiger partial charge < -0.3 is 15.0 Å². The molecular formula is C15H26IN3O3S. The molecule has 0 aliphatic rings. The zero-order chi connectivity index (χ0) is 16.4. The molecule has 8 heteroatoms. The summed E-state index contributed by atoms with van der Waals surface area (Å²) < 4.78 is 27.8. The van der Waals surface area contributed by atoms with Gasteiger partial charge in [0.05, 0.1) is 12.3 Å². The third kappa shape index (κ3) is 10.4. The molecule has 132 valence electrons. The third-order valence-corrected chi connectivity index (χ3v) is 4.02. The number of guanidine groups is 1. The molecule has 0 saturated carbocycles. The van der Waals surface area contributed by atoms with Crippen molar-refractivity contribution in [2.45, 2.75) is 6.42 Å². The highest BCUT2D eigenvalue weighted by molar-refractivity contribution is 14.0. The second kappa shape index (κ2) is 11.5. The number of likely N-dealkylation sites (N-methyl/N-ethyl adjacent to an activating group) is 1. The van der Waals surface area contributed by atoms with Crippen LogP contribution in [0, 0.1) is 0 Å². The van der Waals surface area contributed by atoms with E-state index in [1.54, 1.807) is 7.05 Å². The second-order valence-corrected chi connectivity index (χ2v) is 7.30. The van der Waals surface area contributed by atoms with Crippen LogP contribution in [0.5, 0.6) is 5.75 Å². The lowest BCUT2D eigenvalue weighted by Crippen LogP contribution is -2.41. The molecule has 0 fully saturated rings. The van der Waals surface area contributed by atoms with Crippen LogP contribution in [0.4, 0.5) is 0 Å². The highest BCUT2D eigenvalue weighted by atomic mass is 127. The maximum Gasteiger partial charge on any atom is 0.193 e. The van der Waals surface area contributed by atoms with Crippen molar-refractivity contribution in [2.24, 2.45) is 4.99 Å². The maximum atomic E-state index is 11.1. The Labute approximate surface area is 156 Å². The van der Waals surface area contributed by atoms with Crippen molar-refractivity contribution in [1.29, 1.82) is 0 Å². The van der Waals surface area contributed by atoms with E-state index in [9.17, 15) is 8.42 Å². The van der Waals surface area contributed by atoms with E-state index in [2.05, 4.69) is 10.3 Å². The van der Waals surface area contributed by atoms with E-state index < -0.39 is 9.84 Å². The number of halogens is 1. The maximum absolute atomic E-state index is 11.1. The molecule has 23 heavy (non-hydrogen) atoms. The monoisotopic (exact) mass is 455 g/mol. The van der Waals surface area contributed by atoms with Gasteiger partial charge in [-0.3, -0.25) is 4.99 Å². The van der Waals surface area contributed by atoms with Gasteiger partial charge >= 0.3 is 0 Å². The number of ether oxygens (including phenoxy) is 1. The highest BCUT2D eigenvalue weighted by Gasteiger charge is 2.06. The van der Waals surface area contributed by atoms with Crippen molar-refractivity contribution in [3.8, 4) is 5.75 Å². The summed E-state index contributed by atoms with van der Waals surface area (Å²) in [5.74, 6) is 1.75. The second-order valence-electron chi connectivity index (χ2n) is 5.04. The van der Waals surface area contributed by atoms with Crippen molar-refractivity contribution in [1.82, 2.24) is 10.2 Å². The zero-order valence-corrected chi connectivity index (χ0v) is 17.0. The van der Waals surface area contributed by atoms with E-state index in [1.807, 2.05) is 42.3 Å². The molecule has 1 N–H and O–H groups in total. The normalized spacial score (nSPS) is 11.5. The van der Waals surface area contributed by atoms with E-state index in [0.717, 1.165) is 11.7 Å². The molecule has 1 rings (SSSR count). The van der Waals surface area contributed by atoms with Crippen LogP contribution < -0.4 is 10.1 Å². The minimum Gasteiger partial charge on any atom is -0.492 e. The Bertz CT molecular complexity index is 565. The van der Waals surface area contributed by atoms with Crippen LogP contribution in [0.15, 0.2) is 35.3 Å². The number of sulfone groups is 1. The minimum absolute atomic E-state index is 0. The molecule has 0 radical (unpaired) electrons. The number of nitrogens with one attached hydrogen (secondary N) is 1. The molecular weight excluding hydrogens is 429 g/mol. The van der Waals surface area contributed by atoms with Crippen LogP contribution in [0.2, 0.25) is 0 Å². The van der Waals surface area contributed by atoms with Gasteiger partial charge in [0.25, 0.3) is 0 Å². The summed E-state index contributed by atoms with van der Waals surface area (Å²) in [6.07, 6.45) is 1.81. The van der Waals surface area contributed by atoms with Crippen LogP contribution in [0.25, 0.3) is 0 Å². The molecule has 0 atom stereocenters. The topological polar surface area (TPSA) is 71.0 Å². The Morgan fingerprint density at radius 1 is 1.30 bits per heavy atom. The summed E-state index contributed by atoms with van der Waals surface area (Å²) >= 11 is 0. The van der Waals surface area contributed by atoms with Crippen LogP contribution >= 0.6 is 24.0 Å². The number of para-hydroxylation sites is 1. The Kier molecular flexibility index (Phi) is 11.0. The van der Waals surface area contributed by atoms with Crippen molar-refractivity contribution in [2.75, 3.05) is 45.8 Å². The van der Waals surface area contributed by atoms with Crippen molar-refractivity contribution >= 4 is 39.8 Å². The van der Waals surface area contributed by atoms with E-state index in [0.29, 0.717) is 26.1 Å². The molecule has 1 aromatic carbocycles. The average Bonchev–Trinajstić information content (AvgIpc) is 2.47. The Morgan fingerprint density at radius 3 is 2.52 bits per heavy atom. The molecule has 0 aliphatic carbocycles. The van der Waals surface area contributed by atoms with Crippen LogP contribution in [0.3, 0.4) is 0 Å². The van der Waals surface area contributed by atoms with Gasteiger partial charge in [-0.15, -0.1) is 24.0 Å². The highest BCUT2D eigenvalue weighted by Crippen LogP contribution is 2.07. The lowest BCUT2D eigenvalue weighted by atomic mass is 10.3. The molecule has 1 aromatic rings. The summed E-state index contributed by atoms with van der Waals surface area (Å²) in [5.41, 5.74) is 0. The number of nitrogens with zero attached hydrogens (tertiary/aromatic N) is 2. The number of benzene rings is 1. The Morgan fingerprint density at radius 2 is 1.96 bits per heavy atom. The van der Waals surface area contributed by atoms with Gasteiger partial charge in [0.15, 0.2) is 5.96 Å². The number of rotatable bonds is 8. The SMILES string of the molecule is CN=C(NCCCS(C)(=O)=O)N(C)CCOc1ccccc1.I. The molecule has 6 nitrogen and oxygen atoms in total. The summed E-state index contributed by atoms with van der Waals surface area (Å²) in [7, 11) is 0.711. The first kappa shape index (κ1) is 22.0. The zero-order valence-electron chi connectivity index (χ0n) is 13.9. The summed E-state index contributed by atoms with van der Waals surface area (Å²) in [5, 5.41) is 3.15.